The lowest BCUT2D eigenvalue weighted by molar-refractivity contribution is -0.138. The molecule has 6 heteroatoms. The number of carboxylic acid groups (broad SMARTS) is 1. The average Bonchev–Trinajstić information content (AvgIpc) is 3.21. The van der Waals surface area contributed by atoms with Crippen LogP contribution in [-0.4, -0.2) is 58.4 Å². The number of para-hydroxylation sites is 2. The van der Waals surface area contributed by atoms with E-state index in [1.807, 2.05) is 19.1 Å². The van der Waals surface area contributed by atoms with E-state index in [0.717, 1.165) is 63.1 Å². The van der Waals surface area contributed by atoms with Crippen molar-refractivity contribution < 1.29 is 14.6 Å². The minimum Gasteiger partial charge on any atom is -0.481 e. The first-order valence-electron chi connectivity index (χ1n) is 12.1. The van der Waals surface area contributed by atoms with Gasteiger partial charge in [-0.1, -0.05) is 43.8 Å². The minimum absolute atomic E-state index is 0. The molecule has 2 heterocycles. The van der Waals surface area contributed by atoms with Crippen LogP contribution in [0.5, 0.6) is 0 Å². The summed E-state index contributed by atoms with van der Waals surface area (Å²) in [6, 6.07) is 16.5. The van der Waals surface area contributed by atoms with Crippen LogP contribution in [0.4, 0.5) is 0 Å². The summed E-state index contributed by atoms with van der Waals surface area (Å²) in [7, 11) is 0. The van der Waals surface area contributed by atoms with Crippen LogP contribution < -0.4 is 0 Å². The van der Waals surface area contributed by atoms with Crippen molar-refractivity contribution in [3.63, 3.8) is 0 Å². The van der Waals surface area contributed by atoms with Crippen LogP contribution >= 0.6 is 0 Å². The number of rotatable bonds is 10. The number of aliphatic carboxylic acids is 1. The topological polar surface area (TPSA) is 67.6 Å². The zero-order valence-corrected chi connectivity index (χ0v) is 19.7. The zero-order chi connectivity index (χ0) is 23.2. The normalized spacial score (nSPS) is 15.8. The Morgan fingerprint density at radius 2 is 1.82 bits per heavy atom. The number of nitrogens with zero attached hydrogens (tertiary/aromatic N) is 3. The lowest BCUT2D eigenvalue weighted by Gasteiger charge is -2.32. The number of fused-ring (bicyclic) bond motifs is 1. The summed E-state index contributed by atoms with van der Waals surface area (Å²) in [6.07, 6.45) is 3.22. The molecule has 6 nitrogen and oxygen atoms in total. The van der Waals surface area contributed by atoms with E-state index in [2.05, 4.69) is 45.9 Å². The van der Waals surface area contributed by atoms with E-state index in [9.17, 15) is 9.90 Å². The van der Waals surface area contributed by atoms with Gasteiger partial charge in [-0.05, 0) is 69.5 Å². The molecule has 0 aliphatic carbocycles. The number of aromatic nitrogens is 2. The largest absolute Gasteiger partial charge is 0.481 e. The third kappa shape index (κ3) is 6.05. The fourth-order valence-electron chi connectivity index (χ4n) is 4.76. The van der Waals surface area contributed by atoms with Crippen molar-refractivity contribution in [3.8, 4) is 0 Å². The second-order valence-electron chi connectivity index (χ2n) is 8.97. The average molecular weight is 466 g/mol. The van der Waals surface area contributed by atoms with Crippen molar-refractivity contribution in [2.45, 2.75) is 58.9 Å². The highest BCUT2D eigenvalue weighted by molar-refractivity contribution is 5.76. The van der Waals surface area contributed by atoms with Crippen molar-refractivity contribution in [1.29, 1.82) is 0 Å². The molecule has 0 saturated carbocycles. The number of benzene rings is 2. The fourth-order valence-corrected chi connectivity index (χ4v) is 4.76. The van der Waals surface area contributed by atoms with Gasteiger partial charge in [-0.2, -0.15) is 0 Å². The van der Waals surface area contributed by atoms with Gasteiger partial charge in [-0.3, -0.25) is 4.79 Å². The molecule has 4 rings (SSSR count). The van der Waals surface area contributed by atoms with Gasteiger partial charge in [-0.25, -0.2) is 4.98 Å². The lowest BCUT2D eigenvalue weighted by atomic mass is 9.95. The second kappa shape index (κ2) is 12.1. The Hall–Kier alpha value is -2.70. The van der Waals surface area contributed by atoms with Crippen LogP contribution in [0.2, 0.25) is 0 Å². The van der Waals surface area contributed by atoms with Crippen molar-refractivity contribution in [2.24, 2.45) is 0 Å². The molecule has 0 spiro atoms. The summed E-state index contributed by atoms with van der Waals surface area (Å²) in [5.74, 6) is 0.443. The molecular weight excluding hydrogens is 426 g/mol. The number of hydrogen-bond donors (Lipinski definition) is 1. The standard InChI is InChI=1S/C27H35N3O3.CH4/c1-3-33-19-18-30-25-7-5-4-6-24(25)28-26(30)23-13-16-29(17-14-23)15-12-21-8-10-22(11-9-21)20(2)27(31)32;/h4-11,20,23H,3,12-19H2,1-2H3,(H,31,32);1H4. The van der Waals surface area contributed by atoms with Gasteiger partial charge in [0, 0.05) is 25.6 Å². The number of piperidine rings is 1. The highest BCUT2D eigenvalue weighted by Crippen LogP contribution is 2.30. The first-order chi connectivity index (χ1) is 16.1. The highest BCUT2D eigenvalue weighted by atomic mass is 16.5. The number of carboxylic acids is 1. The van der Waals surface area contributed by atoms with Gasteiger partial charge in [0.2, 0.25) is 0 Å². The van der Waals surface area contributed by atoms with E-state index in [4.69, 9.17) is 9.72 Å². The van der Waals surface area contributed by atoms with E-state index in [1.54, 1.807) is 6.92 Å². The van der Waals surface area contributed by atoms with Crippen molar-refractivity contribution in [3.05, 3.63) is 65.5 Å². The maximum Gasteiger partial charge on any atom is 0.310 e. The Labute approximate surface area is 203 Å². The SMILES string of the molecule is C.CCOCCn1c(C2CCN(CCc3ccc(C(C)C(=O)O)cc3)CC2)nc2ccccc21. The van der Waals surface area contributed by atoms with Crippen LogP contribution in [0, 0.1) is 0 Å². The Morgan fingerprint density at radius 1 is 1.12 bits per heavy atom. The molecule has 0 bridgehead atoms. The number of likely N-dealkylation sites (tertiary alicyclic amines) is 1. The first kappa shape index (κ1) is 25.9. The van der Waals surface area contributed by atoms with Crippen LogP contribution in [0.3, 0.4) is 0 Å². The first-order valence-corrected chi connectivity index (χ1v) is 12.1. The zero-order valence-electron chi connectivity index (χ0n) is 19.7. The Kier molecular flexibility index (Phi) is 9.25. The molecule has 3 aromatic rings. The second-order valence-corrected chi connectivity index (χ2v) is 8.97. The summed E-state index contributed by atoms with van der Waals surface area (Å²) in [5.41, 5.74) is 4.40. The van der Waals surface area contributed by atoms with Gasteiger partial charge >= 0.3 is 5.97 Å². The predicted octanol–water partition coefficient (Wildman–Crippen LogP) is 5.32. The van der Waals surface area contributed by atoms with E-state index < -0.39 is 11.9 Å². The predicted molar refractivity (Wildman–Crippen MR) is 138 cm³/mol. The van der Waals surface area contributed by atoms with Crippen LogP contribution in [0.1, 0.15) is 62.9 Å². The van der Waals surface area contributed by atoms with E-state index in [1.165, 1.54) is 16.9 Å². The highest BCUT2D eigenvalue weighted by Gasteiger charge is 2.25. The molecule has 34 heavy (non-hydrogen) atoms. The van der Waals surface area contributed by atoms with Gasteiger partial charge in [0.05, 0.1) is 23.6 Å². The summed E-state index contributed by atoms with van der Waals surface area (Å²) < 4.78 is 8.00. The fraction of sp³-hybridized carbons (Fsp3) is 0.500. The molecule has 1 saturated heterocycles. The molecule has 1 N–H and O–H groups in total. The Balaban J connectivity index is 0.00000324. The lowest BCUT2D eigenvalue weighted by Crippen LogP contribution is -2.35. The van der Waals surface area contributed by atoms with Crippen molar-refractivity contribution >= 4 is 17.0 Å². The number of imidazole rings is 1. The van der Waals surface area contributed by atoms with E-state index >= 15 is 0 Å². The molecule has 1 aliphatic rings. The molecule has 1 atom stereocenters. The maximum absolute atomic E-state index is 11.2. The third-order valence-electron chi connectivity index (χ3n) is 6.87. The van der Waals surface area contributed by atoms with Crippen LogP contribution in [0.15, 0.2) is 48.5 Å². The number of ether oxygens (including phenoxy) is 1. The minimum atomic E-state index is -0.781. The van der Waals surface area contributed by atoms with Crippen molar-refractivity contribution in [2.75, 3.05) is 32.8 Å². The maximum atomic E-state index is 11.2. The molecule has 184 valence electrons. The molecule has 0 amide bonds. The van der Waals surface area contributed by atoms with Gasteiger partial charge in [0.15, 0.2) is 0 Å². The third-order valence-corrected chi connectivity index (χ3v) is 6.87. The molecule has 0 radical (unpaired) electrons. The van der Waals surface area contributed by atoms with E-state index in [0.29, 0.717) is 12.5 Å². The quantitative estimate of drug-likeness (QED) is 0.411. The molecule has 2 aromatic carbocycles. The molecule has 1 aromatic heterocycles. The Bertz CT molecular complexity index is 1050. The summed E-state index contributed by atoms with van der Waals surface area (Å²) in [5, 5.41) is 9.18. The van der Waals surface area contributed by atoms with Gasteiger partial charge in [0.1, 0.15) is 5.82 Å². The summed E-state index contributed by atoms with van der Waals surface area (Å²) in [4.78, 5) is 18.7. The molecule has 1 fully saturated rings. The summed E-state index contributed by atoms with van der Waals surface area (Å²) >= 11 is 0. The van der Waals surface area contributed by atoms with Gasteiger partial charge < -0.3 is 19.3 Å². The molecule has 1 aliphatic heterocycles. The molecule has 1 unspecified atom stereocenters. The summed E-state index contributed by atoms with van der Waals surface area (Å²) in [6.45, 7) is 9.25. The smallest absolute Gasteiger partial charge is 0.310 e. The number of carbonyl (C=O) groups is 1. The van der Waals surface area contributed by atoms with E-state index in [-0.39, 0.29) is 7.43 Å². The van der Waals surface area contributed by atoms with Crippen molar-refractivity contribution in [1.82, 2.24) is 14.5 Å². The van der Waals surface area contributed by atoms with Crippen LogP contribution in [0.25, 0.3) is 11.0 Å². The number of hydrogen-bond acceptors (Lipinski definition) is 4. The molecular formula is C28H39N3O3. The Morgan fingerprint density at radius 3 is 2.50 bits per heavy atom. The van der Waals surface area contributed by atoms with Gasteiger partial charge in [-0.15, -0.1) is 0 Å². The monoisotopic (exact) mass is 465 g/mol. The van der Waals surface area contributed by atoms with Gasteiger partial charge in [0.25, 0.3) is 0 Å². The van der Waals surface area contributed by atoms with Crippen LogP contribution in [-0.2, 0) is 22.5 Å².